The van der Waals surface area contributed by atoms with E-state index >= 15 is 0 Å². The second-order valence-electron chi connectivity index (χ2n) is 3.20. The third kappa shape index (κ3) is 3.37. The number of rotatable bonds is 2. The van der Waals surface area contributed by atoms with Gasteiger partial charge in [-0.25, -0.2) is 0 Å². The Hall–Kier alpha value is -1.21. The van der Waals surface area contributed by atoms with Gasteiger partial charge in [0.15, 0.2) is 11.0 Å². The summed E-state index contributed by atoms with van der Waals surface area (Å²) >= 11 is 7.77. The fourth-order valence-electron chi connectivity index (χ4n) is 1.17. The normalized spacial score (nSPS) is 10.0. The fourth-order valence-corrected chi connectivity index (χ4v) is 1.63. The molecular formula is C11H7ClIN3O. The lowest BCUT2D eigenvalue weighted by molar-refractivity contribution is 0.102. The Morgan fingerprint density at radius 1 is 1.12 bits per heavy atom. The van der Waals surface area contributed by atoms with Crippen LogP contribution < -0.4 is 5.32 Å². The van der Waals surface area contributed by atoms with E-state index in [-0.39, 0.29) is 11.1 Å². The number of halogens is 2. The Labute approximate surface area is 117 Å². The predicted octanol–water partition coefficient (Wildman–Crippen LogP) is 2.99. The highest BCUT2D eigenvalue weighted by Crippen LogP contribution is 2.10. The molecule has 1 aromatic heterocycles. The molecule has 2 aromatic rings. The zero-order valence-electron chi connectivity index (χ0n) is 8.52. The standard InChI is InChI=1S/C11H7ClIN3O/c12-9-5-6-10(16-15-9)14-11(17)7-1-3-8(13)4-2-7/h1-6H,(H,14,16,17). The molecule has 2 rings (SSSR count). The third-order valence-electron chi connectivity index (χ3n) is 1.98. The molecule has 1 heterocycles. The summed E-state index contributed by atoms with van der Waals surface area (Å²) in [5.41, 5.74) is 0.571. The lowest BCUT2D eigenvalue weighted by Crippen LogP contribution is -2.13. The third-order valence-corrected chi connectivity index (χ3v) is 2.90. The molecule has 0 aliphatic heterocycles. The first-order valence-electron chi connectivity index (χ1n) is 4.71. The Morgan fingerprint density at radius 3 is 2.41 bits per heavy atom. The monoisotopic (exact) mass is 359 g/mol. The van der Waals surface area contributed by atoms with E-state index in [9.17, 15) is 4.79 Å². The van der Waals surface area contributed by atoms with E-state index in [4.69, 9.17) is 11.6 Å². The second-order valence-corrected chi connectivity index (χ2v) is 4.84. The number of hydrogen-bond acceptors (Lipinski definition) is 3. The van der Waals surface area contributed by atoms with Crippen LogP contribution in [-0.4, -0.2) is 16.1 Å². The van der Waals surface area contributed by atoms with Crippen LogP contribution in [0.4, 0.5) is 5.82 Å². The molecule has 4 nitrogen and oxygen atoms in total. The van der Waals surface area contributed by atoms with Crippen molar-refractivity contribution in [3.8, 4) is 0 Å². The summed E-state index contributed by atoms with van der Waals surface area (Å²) in [6, 6.07) is 10.4. The van der Waals surface area contributed by atoms with Crippen LogP contribution in [-0.2, 0) is 0 Å². The van der Waals surface area contributed by atoms with Crippen molar-refractivity contribution >= 4 is 45.9 Å². The number of aromatic nitrogens is 2. The largest absolute Gasteiger partial charge is 0.305 e. The summed E-state index contributed by atoms with van der Waals surface area (Å²) < 4.78 is 1.07. The summed E-state index contributed by atoms with van der Waals surface area (Å²) in [7, 11) is 0. The summed E-state index contributed by atoms with van der Waals surface area (Å²) in [6.45, 7) is 0. The van der Waals surface area contributed by atoms with Crippen molar-refractivity contribution in [2.75, 3.05) is 5.32 Å². The lowest BCUT2D eigenvalue weighted by atomic mass is 10.2. The molecule has 0 saturated heterocycles. The topological polar surface area (TPSA) is 54.9 Å². The predicted molar refractivity (Wildman–Crippen MR) is 74.2 cm³/mol. The van der Waals surface area contributed by atoms with Gasteiger partial charge in [0.05, 0.1) is 0 Å². The Morgan fingerprint density at radius 2 is 1.82 bits per heavy atom. The summed E-state index contributed by atoms with van der Waals surface area (Å²) in [5, 5.41) is 10.3. The minimum atomic E-state index is -0.224. The van der Waals surface area contributed by atoms with Crippen LogP contribution in [0.15, 0.2) is 36.4 Å². The number of amides is 1. The van der Waals surface area contributed by atoms with E-state index in [1.54, 1.807) is 24.3 Å². The average molecular weight is 360 g/mol. The van der Waals surface area contributed by atoms with Gasteiger partial charge < -0.3 is 5.32 Å². The lowest BCUT2D eigenvalue weighted by Gasteiger charge is -2.03. The van der Waals surface area contributed by atoms with Gasteiger partial charge in [-0.3, -0.25) is 4.79 Å². The van der Waals surface area contributed by atoms with Crippen LogP contribution >= 0.6 is 34.2 Å². The summed E-state index contributed by atoms with van der Waals surface area (Å²) in [6.07, 6.45) is 0. The van der Waals surface area contributed by atoms with Gasteiger partial charge in [0, 0.05) is 9.13 Å². The van der Waals surface area contributed by atoms with Gasteiger partial charge in [0.25, 0.3) is 5.91 Å². The van der Waals surface area contributed by atoms with Crippen LogP contribution in [0, 0.1) is 3.57 Å². The van der Waals surface area contributed by atoms with Gasteiger partial charge in [-0.1, -0.05) is 11.6 Å². The zero-order chi connectivity index (χ0) is 12.3. The van der Waals surface area contributed by atoms with E-state index < -0.39 is 0 Å². The Balaban J connectivity index is 2.11. The van der Waals surface area contributed by atoms with E-state index in [0.717, 1.165) is 3.57 Å². The molecule has 1 aromatic carbocycles. The van der Waals surface area contributed by atoms with Crippen LogP contribution in [0.2, 0.25) is 5.15 Å². The van der Waals surface area contributed by atoms with Crippen molar-refractivity contribution < 1.29 is 4.79 Å². The Kier molecular flexibility index (Phi) is 3.90. The zero-order valence-corrected chi connectivity index (χ0v) is 11.4. The molecule has 0 fully saturated rings. The number of anilines is 1. The van der Waals surface area contributed by atoms with Crippen molar-refractivity contribution in [3.63, 3.8) is 0 Å². The van der Waals surface area contributed by atoms with Crippen molar-refractivity contribution in [3.05, 3.63) is 50.7 Å². The molecule has 0 atom stereocenters. The van der Waals surface area contributed by atoms with Gasteiger partial charge in [-0.2, -0.15) is 0 Å². The molecule has 0 radical (unpaired) electrons. The molecule has 0 bridgehead atoms. The molecule has 0 aliphatic rings. The highest BCUT2D eigenvalue weighted by molar-refractivity contribution is 14.1. The van der Waals surface area contributed by atoms with Gasteiger partial charge in [0.2, 0.25) is 0 Å². The molecule has 0 aliphatic carbocycles. The molecule has 86 valence electrons. The molecule has 6 heteroatoms. The van der Waals surface area contributed by atoms with E-state index in [0.29, 0.717) is 11.4 Å². The SMILES string of the molecule is O=C(Nc1ccc(Cl)nn1)c1ccc(I)cc1. The number of nitrogens with zero attached hydrogens (tertiary/aromatic N) is 2. The number of carbonyl (C=O) groups is 1. The van der Waals surface area contributed by atoms with Gasteiger partial charge >= 0.3 is 0 Å². The molecular weight excluding hydrogens is 352 g/mol. The van der Waals surface area contributed by atoms with Crippen molar-refractivity contribution in [1.29, 1.82) is 0 Å². The smallest absolute Gasteiger partial charge is 0.256 e. The highest BCUT2D eigenvalue weighted by atomic mass is 127. The van der Waals surface area contributed by atoms with Crippen LogP contribution in [0.3, 0.4) is 0 Å². The van der Waals surface area contributed by atoms with Crippen molar-refractivity contribution in [2.24, 2.45) is 0 Å². The molecule has 1 N–H and O–H groups in total. The molecule has 1 amide bonds. The maximum absolute atomic E-state index is 11.8. The van der Waals surface area contributed by atoms with E-state index in [1.165, 1.54) is 0 Å². The van der Waals surface area contributed by atoms with E-state index in [1.807, 2.05) is 12.1 Å². The first kappa shape index (κ1) is 12.3. The first-order chi connectivity index (χ1) is 8.15. The summed E-state index contributed by atoms with van der Waals surface area (Å²) in [5.74, 6) is 0.149. The number of hydrogen-bond donors (Lipinski definition) is 1. The minimum absolute atomic E-state index is 0.224. The Bertz CT molecular complexity index is 527. The maximum Gasteiger partial charge on any atom is 0.256 e. The minimum Gasteiger partial charge on any atom is -0.305 e. The maximum atomic E-state index is 11.8. The second kappa shape index (κ2) is 5.42. The van der Waals surface area contributed by atoms with Crippen LogP contribution in [0.5, 0.6) is 0 Å². The van der Waals surface area contributed by atoms with Gasteiger partial charge in [-0.15, -0.1) is 10.2 Å². The van der Waals surface area contributed by atoms with Gasteiger partial charge in [0.1, 0.15) is 0 Å². The number of carbonyl (C=O) groups excluding carboxylic acids is 1. The number of nitrogens with one attached hydrogen (secondary N) is 1. The van der Waals surface area contributed by atoms with Crippen LogP contribution in [0.1, 0.15) is 10.4 Å². The number of benzene rings is 1. The average Bonchev–Trinajstić information content (AvgIpc) is 2.33. The molecule has 17 heavy (non-hydrogen) atoms. The molecule has 0 unspecified atom stereocenters. The molecule has 0 spiro atoms. The first-order valence-corrected chi connectivity index (χ1v) is 6.17. The van der Waals surface area contributed by atoms with Gasteiger partial charge in [-0.05, 0) is 59.0 Å². The quantitative estimate of drug-likeness (QED) is 0.839. The van der Waals surface area contributed by atoms with Crippen molar-refractivity contribution in [1.82, 2.24) is 10.2 Å². The highest BCUT2D eigenvalue weighted by Gasteiger charge is 2.06. The van der Waals surface area contributed by atoms with Crippen LogP contribution in [0.25, 0.3) is 0 Å². The van der Waals surface area contributed by atoms with E-state index in [2.05, 4.69) is 38.1 Å². The fraction of sp³-hybridized carbons (Fsp3) is 0. The van der Waals surface area contributed by atoms with Crippen molar-refractivity contribution in [2.45, 2.75) is 0 Å². The molecule has 0 saturated carbocycles. The summed E-state index contributed by atoms with van der Waals surface area (Å²) in [4.78, 5) is 11.8.